The summed E-state index contributed by atoms with van der Waals surface area (Å²) in [4.78, 5) is 3.80. The van der Waals surface area contributed by atoms with E-state index in [1.54, 1.807) is 6.92 Å². The molecule has 0 saturated heterocycles. The minimum absolute atomic E-state index is 0.602. The monoisotopic (exact) mass is 116 g/mol. The fraction of sp³-hybridized carbons (Fsp3) is 0.333. The van der Waals surface area contributed by atoms with Crippen LogP contribution in [0, 0.1) is 6.92 Å². The van der Waals surface area contributed by atoms with Crippen LogP contribution in [0.1, 0.15) is 5.89 Å². The van der Waals surface area contributed by atoms with Gasteiger partial charge in [0.15, 0.2) is 5.57 Å². The molecule has 0 aromatic carbocycles. The fourth-order valence-electron chi connectivity index (χ4n) is 0.315. The SMILES string of the molecule is Cc1nc(P)no1. The third-order valence-corrected chi connectivity index (χ3v) is 0.778. The van der Waals surface area contributed by atoms with Gasteiger partial charge in [-0.15, -0.1) is 0 Å². The molecule has 1 unspecified atom stereocenters. The molecular formula is C3H5N2OP. The van der Waals surface area contributed by atoms with Gasteiger partial charge in [0.1, 0.15) is 0 Å². The molecule has 7 heavy (non-hydrogen) atoms. The van der Waals surface area contributed by atoms with Crippen molar-refractivity contribution in [2.24, 2.45) is 0 Å². The largest absolute Gasteiger partial charge is 0.339 e. The van der Waals surface area contributed by atoms with Crippen molar-refractivity contribution in [2.45, 2.75) is 6.92 Å². The molecule has 1 aromatic heterocycles. The topological polar surface area (TPSA) is 38.9 Å². The summed E-state index contributed by atoms with van der Waals surface area (Å²) >= 11 is 0. The molecule has 1 atom stereocenters. The summed E-state index contributed by atoms with van der Waals surface area (Å²) < 4.78 is 4.58. The van der Waals surface area contributed by atoms with Gasteiger partial charge in [0.05, 0.1) is 0 Å². The van der Waals surface area contributed by atoms with Crippen LogP contribution in [0.5, 0.6) is 0 Å². The summed E-state index contributed by atoms with van der Waals surface area (Å²) in [6.07, 6.45) is 0. The van der Waals surface area contributed by atoms with Crippen LogP contribution in [-0.4, -0.2) is 10.1 Å². The lowest BCUT2D eigenvalue weighted by atomic mass is 10.8. The van der Waals surface area contributed by atoms with E-state index in [-0.39, 0.29) is 0 Å². The standard InChI is InChI=1S/C3H5N2OP/c1-2-4-3(7)5-6-2/h7H2,1H3. The predicted molar refractivity (Wildman–Crippen MR) is 28.4 cm³/mol. The first-order valence-corrected chi connectivity index (χ1v) is 2.42. The summed E-state index contributed by atoms with van der Waals surface area (Å²) in [6, 6.07) is 0. The average molecular weight is 116 g/mol. The minimum atomic E-state index is 0.602. The van der Waals surface area contributed by atoms with Crippen LogP contribution in [-0.2, 0) is 0 Å². The van der Waals surface area contributed by atoms with Crippen LogP contribution in [0.4, 0.5) is 0 Å². The highest BCUT2D eigenvalue weighted by Gasteiger charge is 1.90. The highest BCUT2D eigenvalue weighted by atomic mass is 31.0. The lowest BCUT2D eigenvalue weighted by molar-refractivity contribution is 0.396. The van der Waals surface area contributed by atoms with Gasteiger partial charge in [-0.3, -0.25) is 0 Å². The van der Waals surface area contributed by atoms with E-state index in [2.05, 4.69) is 23.9 Å². The molecule has 0 spiro atoms. The van der Waals surface area contributed by atoms with E-state index < -0.39 is 0 Å². The molecule has 0 aliphatic rings. The van der Waals surface area contributed by atoms with Crippen LogP contribution in [0.3, 0.4) is 0 Å². The molecule has 1 rings (SSSR count). The second-order valence-corrected chi connectivity index (χ2v) is 1.69. The van der Waals surface area contributed by atoms with Crippen molar-refractivity contribution in [3.63, 3.8) is 0 Å². The smallest absolute Gasteiger partial charge is 0.223 e. The van der Waals surface area contributed by atoms with Gasteiger partial charge in [0.2, 0.25) is 5.89 Å². The van der Waals surface area contributed by atoms with Crippen LogP contribution in [0.15, 0.2) is 4.52 Å². The van der Waals surface area contributed by atoms with Crippen LogP contribution in [0.25, 0.3) is 0 Å². The lowest BCUT2D eigenvalue weighted by Gasteiger charge is -1.64. The maximum absolute atomic E-state index is 4.58. The van der Waals surface area contributed by atoms with Gasteiger partial charge >= 0.3 is 0 Å². The second-order valence-electron chi connectivity index (χ2n) is 1.17. The number of aryl methyl sites for hydroxylation is 1. The van der Waals surface area contributed by atoms with Crippen LogP contribution < -0.4 is 5.57 Å². The molecule has 1 aromatic rings. The van der Waals surface area contributed by atoms with Crippen molar-refractivity contribution < 1.29 is 4.52 Å². The first kappa shape index (κ1) is 4.72. The lowest BCUT2D eigenvalue weighted by Crippen LogP contribution is -1.91. The van der Waals surface area contributed by atoms with Gasteiger partial charge in [-0.25, -0.2) is 0 Å². The highest BCUT2D eigenvalue weighted by Crippen LogP contribution is 1.85. The third kappa shape index (κ3) is 0.967. The molecule has 38 valence electrons. The zero-order valence-electron chi connectivity index (χ0n) is 3.88. The maximum Gasteiger partial charge on any atom is 0.223 e. The summed E-state index contributed by atoms with van der Waals surface area (Å²) in [5, 5.41) is 3.49. The van der Waals surface area contributed by atoms with Gasteiger partial charge in [-0.2, -0.15) is 4.98 Å². The quantitative estimate of drug-likeness (QED) is 0.443. The molecular weight excluding hydrogens is 111 g/mol. The van der Waals surface area contributed by atoms with Crippen molar-refractivity contribution in [3.8, 4) is 0 Å². The van der Waals surface area contributed by atoms with Crippen molar-refractivity contribution in [1.29, 1.82) is 0 Å². The number of nitrogens with zero attached hydrogens (tertiary/aromatic N) is 2. The summed E-state index contributed by atoms with van der Waals surface area (Å²) in [5.41, 5.74) is 0.609. The van der Waals surface area contributed by atoms with E-state index in [1.807, 2.05) is 0 Å². The molecule has 0 bridgehead atoms. The summed E-state index contributed by atoms with van der Waals surface area (Å²) in [5.74, 6) is 0.602. The van der Waals surface area contributed by atoms with E-state index in [4.69, 9.17) is 0 Å². The summed E-state index contributed by atoms with van der Waals surface area (Å²) in [7, 11) is 2.33. The number of aromatic nitrogens is 2. The maximum atomic E-state index is 4.58. The molecule has 0 N–H and O–H groups in total. The van der Waals surface area contributed by atoms with Crippen molar-refractivity contribution >= 4 is 14.8 Å². The molecule has 0 aliphatic heterocycles. The Bertz CT molecular complexity index is 145. The first-order valence-electron chi connectivity index (χ1n) is 1.85. The zero-order chi connectivity index (χ0) is 5.28. The third-order valence-electron chi connectivity index (χ3n) is 0.543. The zero-order valence-corrected chi connectivity index (χ0v) is 5.03. The molecule has 0 radical (unpaired) electrons. The van der Waals surface area contributed by atoms with Crippen molar-refractivity contribution in [1.82, 2.24) is 10.1 Å². The van der Waals surface area contributed by atoms with E-state index >= 15 is 0 Å². The normalized spacial score (nSPS) is 9.43. The van der Waals surface area contributed by atoms with Crippen molar-refractivity contribution in [2.75, 3.05) is 0 Å². The Hall–Kier alpha value is -0.430. The molecule has 0 fully saturated rings. The average Bonchev–Trinajstić information content (AvgIpc) is 1.87. The predicted octanol–water partition coefficient (Wildman–Crippen LogP) is -0.122. The number of rotatable bonds is 0. The van der Waals surface area contributed by atoms with Gasteiger partial charge in [0.25, 0.3) is 0 Å². The Morgan fingerprint density at radius 3 is 2.57 bits per heavy atom. The van der Waals surface area contributed by atoms with E-state index in [0.717, 1.165) is 0 Å². The van der Waals surface area contributed by atoms with Crippen LogP contribution >= 0.6 is 9.24 Å². The highest BCUT2D eigenvalue weighted by molar-refractivity contribution is 7.26. The molecule has 4 heteroatoms. The van der Waals surface area contributed by atoms with Gasteiger partial charge in [-0.05, 0) is 0 Å². The Morgan fingerprint density at radius 2 is 2.43 bits per heavy atom. The number of hydrogen-bond donors (Lipinski definition) is 0. The molecule has 0 aliphatic carbocycles. The molecule has 0 saturated carbocycles. The fourth-order valence-corrected chi connectivity index (χ4v) is 0.549. The van der Waals surface area contributed by atoms with E-state index in [0.29, 0.717) is 11.5 Å². The van der Waals surface area contributed by atoms with Gasteiger partial charge in [0, 0.05) is 6.92 Å². The molecule has 0 amide bonds. The molecule has 1 heterocycles. The van der Waals surface area contributed by atoms with Crippen LogP contribution in [0.2, 0.25) is 0 Å². The Balaban J connectivity index is 3.04. The Kier molecular flexibility index (Phi) is 1.07. The van der Waals surface area contributed by atoms with E-state index in [1.165, 1.54) is 0 Å². The Labute approximate surface area is 43.3 Å². The van der Waals surface area contributed by atoms with Crippen molar-refractivity contribution in [3.05, 3.63) is 5.89 Å². The number of hydrogen-bond acceptors (Lipinski definition) is 3. The first-order chi connectivity index (χ1) is 3.29. The minimum Gasteiger partial charge on any atom is -0.339 e. The van der Waals surface area contributed by atoms with E-state index in [9.17, 15) is 0 Å². The second kappa shape index (κ2) is 1.58. The molecule has 3 nitrogen and oxygen atoms in total. The summed E-state index contributed by atoms with van der Waals surface area (Å²) in [6.45, 7) is 1.75. The van der Waals surface area contributed by atoms with Gasteiger partial charge in [-0.1, -0.05) is 14.4 Å². The Morgan fingerprint density at radius 1 is 1.71 bits per heavy atom. The van der Waals surface area contributed by atoms with Gasteiger partial charge < -0.3 is 4.52 Å².